The van der Waals surface area contributed by atoms with Gasteiger partial charge in [0.15, 0.2) is 0 Å². The van der Waals surface area contributed by atoms with Gasteiger partial charge in [-0.15, -0.1) is 22.7 Å². The Balaban J connectivity index is 2.03. The second-order valence-corrected chi connectivity index (χ2v) is 7.30. The number of thiophene rings is 2. The Morgan fingerprint density at radius 3 is 2.61 bits per heavy atom. The van der Waals surface area contributed by atoms with Gasteiger partial charge in [0.25, 0.3) is 0 Å². The van der Waals surface area contributed by atoms with E-state index in [1.54, 1.807) is 9.75 Å². The lowest BCUT2D eigenvalue weighted by molar-refractivity contribution is 0.673. The highest BCUT2D eigenvalue weighted by Gasteiger charge is 2.11. The molecule has 0 bridgehead atoms. The fourth-order valence-electron chi connectivity index (χ4n) is 2.23. The molecule has 0 nitrogen and oxygen atoms in total. The van der Waals surface area contributed by atoms with Crippen molar-refractivity contribution >= 4 is 32.1 Å². The first kappa shape index (κ1) is 14.1. The molecule has 0 aliphatic carbocycles. The molecule has 0 saturated carbocycles. The van der Waals surface area contributed by atoms with Gasteiger partial charge in [-0.2, -0.15) is 0 Å². The molecule has 0 amide bonds. The van der Waals surface area contributed by atoms with Crippen LogP contribution in [0.25, 0.3) is 9.40 Å². The van der Waals surface area contributed by atoms with E-state index in [1.165, 1.54) is 41.5 Å². The lowest BCUT2D eigenvalue weighted by Gasteiger charge is -2.07. The minimum atomic E-state index is 0.715. The second-order valence-electron chi connectivity index (χ2n) is 5.02. The molecule has 0 spiro atoms. The van der Waals surface area contributed by atoms with E-state index in [4.69, 9.17) is 0 Å². The van der Waals surface area contributed by atoms with E-state index in [-0.39, 0.29) is 0 Å². The number of aryl methyl sites for hydroxylation is 1. The Bertz CT molecular complexity index is 447. The zero-order chi connectivity index (χ0) is 13.0. The van der Waals surface area contributed by atoms with E-state index in [0.717, 1.165) is 0 Å². The molecule has 2 heterocycles. The van der Waals surface area contributed by atoms with Gasteiger partial charge < -0.3 is 0 Å². The lowest BCUT2D eigenvalue weighted by Crippen LogP contribution is -1.90. The van der Waals surface area contributed by atoms with Gasteiger partial charge in [0.05, 0.1) is 0 Å². The highest BCUT2D eigenvalue weighted by atomic mass is 32.1. The van der Waals surface area contributed by atoms with Gasteiger partial charge in [0.2, 0.25) is 0 Å². The SMILES string of the molecule is CC[CH]CCC(C)c1cc2sc(CCC)cc2s1. The summed E-state index contributed by atoms with van der Waals surface area (Å²) >= 11 is 4.00. The van der Waals surface area contributed by atoms with Gasteiger partial charge in [-0.25, -0.2) is 0 Å². The fourth-order valence-corrected chi connectivity index (χ4v) is 4.85. The highest BCUT2D eigenvalue weighted by Crippen LogP contribution is 2.38. The monoisotopic (exact) mass is 279 g/mol. The van der Waals surface area contributed by atoms with Crippen molar-refractivity contribution in [2.75, 3.05) is 0 Å². The summed E-state index contributed by atoms with van der Waals surface area (Å²) in [7, 11) is 0. The molecule has 99 valence electrons. The molecule has 0 aliphatic rings. The number of hydrogen-bond donors (Lipinski definition) is 0. The van der Waals surface area contributed by atoms with Crippen molar-refractivity contribution in [3.8, 4) is 0 Å². The van der Waals surface area contributed by atoms with Gasteiger partial charge in [-0.05, 0) is 43.7 Å². The average molecular weight is 279 g/mol. The van der Waals surface area contributed by atoms with Crippen LogP contribution in [0, 0.1) is 6.42 Å². The third-order valence-electron chi connectivity index (χ3n) is 3.35. The highest BCUT2D eigenvalue weighted by molar-refractivity contribution is 7.27. The van der Waals surface area contributed by atoms with Crippen molar-refractivity contribution in [3.63, 3.8) is 0 Å². The van der Waals surface area contributed by atoms with Gasteiger partial charge in [0, 0.05) is 19.2 Å². The van der Waals surface area contributed by atoms with Crippen LogP contribution in [0.5, 0.6) is 0 Å². The van der Waals surface area contributed by atoms with Crippen molar-refractivity contribution < 1.29 is 0 Å². The van der Waals surface area contributed by atoms with Crippen LogP contribution in [0.15, 0.2) is 12.1 Å². The van der Waals surface area contributed by atoms with Crippen molar-refractivity contribution in [2.45, 2.75) is 58.8 Å². The average Bonchev–Trinajstić information content (AvgIpc) is 2.87. The number of hydrogen-bond acceptors (Lipinski definition) is 2. The first-order valence-corrected chi connectivity index (χ1v) is 8.71. The third-order valence-corrected chi connectivity index (χ3v) is 5.94. The Morgan fingerprint density at radius 2 is 1.94 bits per heavy atom. The summed E-state index contributed by atoms with van der Waals surface area (Å²) in [4.78, 5) is 3.13. The summed E-state index contributed by atoms with van der Waals surface area (Å²) < 4.78 is 3.01. The van der Waals surface area contributed by atoms with Crippen LogP contribution in [-0.4, -0.2) is 0 Å². The molecule has 1 radical (unpaired) electrons. The van der Waals surface area contributed by atoms with Crippen molar-refractivity contribution in [3.05, 3.63) is 28.3 Å². The predicted molar refractivity (Wildman–Crippen MR) is 85.9 cm³/mol. The fraction of sp³-hybridized carbons (Fsp3) is 0.562. The zero-order valence-corrected chi connectivity index (χ0v) is 13.3. The van der Waals surface area contributed by atoms with E-state index in [1.807, 2.05) is 22.7 Å². The standard InChI is InChI=1S/C16H23S2/c1-4-6-7-9-12(3)14-11-16-15(18-14)10-13(17-16)8-5-2/h6,10-12H,4-5,7-9H2,1-3H3. The summed E-state index contributed by atoms with van der Waals surface area (Å²) in [5, 5.41) is 0. The molecule has 0 aliphatic heterocycles. The molecule has 2 aromatic rings. The molecule has 2 rings (SSSR count). The van der Waals surface area contributed by atoms with Crippen LogP contribution in [0.4, 0.5) is 0 Å². The van der Waals surface area contributed by atoms with E-state index < -0.39 is 0 Å². The Hall–Kier alpha value is -0.340. The van der Waals surface area contributed by atoms with Crippen LogP contribution in [0.2, 0.25) is 0 Å². The predicted octanol–water partition coefficient (Wildman–Crippen LogP) is 6.41. The minimum absolute atomic E-state index is 0.715. The maximum Gasteiger partial charge on any atom is 0.0456 e. The molecule has 18 heavy (non-hydrogen) atoms. The molecule has 0 fully saturated rings. The Labute approximate surface area is 119 Å². The third kappa shape index (κ3) is 3.36. The van der Waals surface area contributed by atoms with Crippen LogP contribution >= 0.6 is 22.7 Å². The van der Waals surface area contributed by atoms with Gasteiger partial charge in [-0.1, -0.05) is 33.6 Å². The number of fused-ring (bicyclic) bond motifs is 1. The molecule has 1 atom stereocenters. The Kier molecular flexibility index (Phi) is 5.25. The molecule has 0 aromatic carbocycles. The topological polar surface area (TPSA) is 0 Å². The van der Waals surface area contributed by atoms with Gasteiger partial charge >= 0.3 is 0 Å². The number of rotatable bonds is 7. The Morgan fingerprint density at radius 1 is 1.17 bits per heavy atom. The van der Waals surface area contributed by atoms with Crippen molar-refractivity contribution in [2.24, 2.45) is 0 Å². The molecule has 2 aromatic heterocycles. The quantitative estimate of drug-likeness (QED) is 0.513. The minimum Gasteiger partial charge on any atom is -0.139 e. The normalized spacial score (nSPS) is 13.3. The summed E-state index contributed by atoms with van der Waals surface area (Å²) in [5.74, 6) is 0.715. The number of unbranched alkanes of at least 4 members (excludes halogenated alkanes) is 2. The maximum atomic E-state index is 2.43. The molecule has 0 N–H and O–H groups in total. The first-order valence-electron chi connectivity index (χ1n) is 7.08. The molecule has 0 saturated heterocycles. The van der Waals surface area contributed by atoms with Crippen molar-refractivity contribution in [1.82, 2.24) is 0 Å². The molecule has 1 unspecified atom stereocenters. The van der Waals surface area contributed by atoms with Crippen LogP contribution in [-0.2, 0) is 6.42 Å². The lowest BCUT2D eigenvalue weighted by atomic mass is 10.0. The maximum absolute atomic E-state index is 2.43. The first-order chi connectivity index (χ1) is 8.74. The van der Waals surface area contributed by atoms with E-state index in [9.17, 15) is 0 Å². The summed E-state index contributed by atoms with van der Waals surface area (Å²) in [6, 6.07) is 4.84. The van der Waals surface area contributed by atoms with Gasteiger partial charge in [0.1, 0.15) is 0 Å². The van der Waals surface area contributed by atoms with Crippen LogP contribution in [0.1, 0.15) is 62.1 Å². The molecular weight excluding hydrogens is 256 g/mol. The smallest absolute Gasteiger partial charge is 0.0456 e. The van der Waals surface area contributed by atoms with E-state index >= 15 is 0 Å². The van der Waals surface area contributed by atoms with E-state index in [2.05, 4.69) is 39.3 Å². The second kappa shape index (κ2) is 6.72. The largest absolute Gasteiger partial charge is 0.139 e. The molecular formula is C16H23S2. The molecule has 2 heteroatoms. The summed E-state index contributed by atoms with van der Waals surface area (Å²) in [6.45, 7) is 6.85. The van der Waals surface area contributed by atoms with Crippen LogP contribution < -0.4 is 0 Å². The van der Waals surface area contributed by atoms with Gasteiger partial charge in [-0.3, -0.25) is 0 Å². The van der Waals surface area contributed by atoms with Crippen LogP contribution in [0.3, 0.4) is 0 Å². The summed E-state index contributed by atoms with van der Waals surface area (Å²) in [5.41, 5.74) is 0. The van der Waals surface area contributed by atoms with Crippen molar-refractivity contribution in [1.29, 1.82) is 0 Å². The summed E-state index contributed by atoms with van der Waals surface area (Å²) in [6.07, 6.45) is 8.64. The van der Waals surface area contributed by atoms with E-state index in [0.29, 0.717) is 5.92 Å². The zero-order valence-electron chi connectivity index (χ0n) is 11.7.